The number of halogens is 1. The lowest BCUT2D eigenvalue weighted by Gasteiger charge is -2.56. The molecule has 0 saturated heterocycles. The van der Waals surface area contributed by atoms with Crippen molar-refractivity contribution in [2.24, 2.45) is 17.8 Å². The molecule has 4 aliphatic rings. The van der Waals surface area contributed by atoms with E-state index in [2.05, 4.69) is 31.7 Å². The van der Waals surface area contributed by atoms with Crippen molar-refractivity contribution in [1.29, 1.82) is 0 Å². The van der Waals surface area contributed by atoms with Crippen molar-refractivity contribution in [1.82, 2.24) is 20.4 Å². The lowest BCUT2D eigenvalue weighted by molar-refractivity contribution is -0.0135. The minimum Gasteiger partial charge on any atom is -0.338 e. The molecule has 132 valence electrons. The van der Waals surface area contributed by atoms with Crippen LogP contribution in [-0.2, 0) is 6.54 Å². The summed E-state index contributed by atoms with van der Waals surface area (Å²) in [6.45, 7) is 3.50. The van der Waals surface area contributed by atoms with E-state index in [1.807, 2.05) is 17.8 Å². The van der Waals surface area contributed by atoms with Crippen LogP contribution in [0, 0.1) is 24.7 Å². The number of nitrogens with zero attached hydrogens (tertiary/aromatic N) is 2. The third kappa shape index (κ3) is 3.35. The van der Waals surface area contributed by atoms with Gasteiger partial charge in [0, 0.05) is 24.8 Å². The van der Waals surface area contributed by atoms with E-state index in [0.29, 0.717) is 6.54 Å². The van der Waals surface area contributed by atoms with Gasteiger partial charge in [0.1, 0.15) is 0 Å². The summed E-state index contributed by atoms with van der Waals surface area (Å²) in [4.78, 5) is 12.3. The highest BCUT2D eigenvalue weighted by molar-refractivity contribution is 9.10. The van der Waals surface area contributed by atoms with Crippen LogP contribution in [0.15, 0.2) is 10.7 Å². The molecular formula is C18H27BrN4O. The number of aromatic nitrogens is 2. The minimum absolute atomic E-state index is 0.0229. The number of carbonyl (C=O) groups excluding carboxylic acids is 1. The number of hydrogen-bond acceptors (Lipinski definition) is 2. The smallest absolute Gasteiger partial charge is 0.315 e. The maximum atomic E-state index is 12.3. The maximum Gasteiger partial charge on any atom is 0.315 e. The zero-order valence-corrected chi connectivity index (χ0v) is 15.9. The van der Waals surface area contributed by atoms with E-state index in [0.717, 1.165) is 40.9 Å². The molecule has 1 heterocycles. The fourth-order valence-corrected chi connectivity index (χ4v) is 5.92. The second-order valence-corrected chi connectivity index (χ2v) is 9.11. The van der Waals surface area contributed by atoms with Gasteiger partial charge in [0.05, 0.1) is 10.2 Å². The zero-order chi connectivity index (χ0) is 16.7. The normalized spacial score (nSPS) is 33.7. The van der Waals surface area contributed by atoms with E-state index in [-0.39, 0.29) is 11.6 Å². The SMILES string of the molecule is Cc1nn(CCCNC(=O)NC23CC4CC(CC(C4)C2)C3)cc1Br. The van der Waals surface area contributed by atoms with Gasteiger partial charge in [0.25, 0.3) is 0 Å². The summed E-state index contributed by atoms with van der Waals surface area (Å²) in [5.74, 6) is 2.58. The number of rotatable bonds is 5. The van der Waals surface area contributed by atoms with Crippen molar-refractivity contribution >= 4 is 22.0 Å². The average Bonchev–Trinajstić information content (AvgIpc) is 2.80. The third-order valence-electron chi connectivity index (χ3n) is 6.15. The molecule has 0 atom stereocenters. The Morgan fingerprint density at radius 2 is 1.92 bits per heavy atom. The van der Waals surface area contributed by atoms with Crippen molar-refractivity contribution in [3.05, 3.63) is 16.4 Å². The fourth-order valence-electron chi connectivity index (χ4n) is 5.60. The quantitative estimate of drug-likeness (QED) is 0.749. The van der Waals surface area contributed by atoms with Crippen LogP contribution >= 0.6 is 15.9 Å². The predicted molar refractivity (Wildman–Crippen MR) is 96.7 cm³/mol. The first-order chi connectivity index (χ1) is 11.5. The standard InChI is InChI=1S/C18H27BrN4O/c1-12-16(19)11-23(22-12)4-2-3-20-17(24)21-18-8-13-5-14(9-18)7-15(6-13)10-18/h11,13-15H,2-10H2,1H3,(H2,20,21,24). The van der Waals surface area contributed by atoms with Crippen molar-refractivity contribution < 1.29 is 4.79 Å². The molecular weight excluding hydrogens is 368 g/mol. The summed E-state index contributed by atoms with van der Waals surface area (Å²) in [6, 6.07) is 0.0229. The number of aryl methyl sites for hydroxylation is 2. The Hall–Kier alpha value is -1.04. The Morgan fingerprint density at radius 3 is 2.46 bits per heavy atom. The van der Waals surface area contributed by atoms with E-state index in [1.165, 1.54) is 38.5 Å². The van der Waals surface area contributed by atoms with Gasteiger partial charge < -0.3 is 10.6 Å². The van der Waals surface area contributed by atoms with Gasteiger partial charge in [-0.25, -0.2) is 4.79 Å². The first kappa shape index (κ1) is 16.4. The number of nitrogens with one attached hydrogen (secondary N) is 2. The monoisotopic (exact) mass is 394 g/mol. The van der Waals surface area contributed by atoms with Crippen LogP contribution in [0.25, 0.3) is 0 Å². The van der Waals surface area contributed by atoms with Crippen molar-refractivity contribution in [2.75, 3.05) is 6.54 Å². The van der Waals surface area contributed by atoms with Gasteiger partial charge in [-0.05, 0) is 85.6 Å². The Kier molecular flexibility index (Phi) is 4.35. The van der Waals surface area contributed by atoms with Gasteiger partial charge in [-0.3, -0.25) is 4.68 Å². The van der Waals surface area contributed by atoms with Crippen LogP contribution in [-0.4, -0.2) is 27.9 Å². The molecule has 0 spiro atoms. The van der Waals surface area contributed by atoms with Crippen LogP contribution in [0.2, 0.25) is 0 Å². The minimum atomic E-state index is 0.0229. The molecule has 5 nitrogen and oxygen atoms in total. The number of amides is 2. The molecule has 4 bridgehead atoms. The molecule has 4 saturated carbocycles. The number of urea groups is 1. The molecule has 2 amide bonds. The largest absolute Gasteiger partial charge is 0.338 e. The molecule has 1 aromatic rings. The second kappa shape index (κ2) is 6.36. The van der Waals surface area contributed by atoms with Gasteiger partial charge >= 0.3 is 6.03 Å². The van der Waals surface area contributed by atoms with E-state index in [1.54, 1.807) is 0 Å². The summed E-state index contributed by atoms with van der Waals surface area (Å²) in [7, 11) is 0. The van der Waals surface area contributed by atoms with Gasteiger partial charge in [-0.15, -0.1) is 0 Å². The molecule has 0 aromatic carbocycles. The molecule has 6 heteroatoms. The lowest BCUT2D eigenvalue weighted by atomic mass is 9.53. The molecule has 0 unspecified atom stereocenters. The summed E-state index contributed by atoms with van der Waals surface area (Å²) in [5.41, 5.74) is 1.10. The molecule has 4 fully saturated rings. The molecule has 0 aliphatic heterocycles. The van der Waals surface area contributed by atoms with E-state index >= 15 is 0 Å². The van der Waals surface area contributed by atoms with Gasteiger partial charge in [-0.2, -0.15) is 5.10 Å². The van der Waals surface area contributed by atoms with E-state index in [9.17, 15) is 4.79 Å². The summed E-state index contributed by atoms with van der Waals surface area (Å²) in [6.07, 6.45) is 10.7. The Bertz CT molecular complexity index is 572. The first-order valence-corrected chi connectivity index (χ1v) is 10.1. The second-order valence-electron chi connectivity index (χ2n) is 8.26. The number of hydrogen-bond donors (Lipinski definition) is 2. The molecule has 0 radical (unpaired) electrons. The summed E-state index contributed by atoms with van der Waals surface area (Å²) in [5, 5.41) is 10.8. The highest BCUT2D eigenvalue weighted by atomic mass is 79.9. The molecule has 2 N–H and O–H groups in total. The Balaban J connectivity index is 1.22. The number of carbonyl (C=O) groups is 1. The predicted octanol–water partition coefficient (Wildman–Crippen LogP) is 3.61. The molecule has 4 aliphatic carbocycles. The third-order valence-corrected chi connectivity index (χ3v) is 6.93. The van der Waals surface area contributed by atoms with E-state index in [4.69, 9.17) is 0 Å². The highest BCUT2D eigenvalue weighted by Crippen LogP contribution is 2.55. The Labute approximate surface area is 152 Å². The molecule has 1 aromatic heterocycles. The van der Waals surface area contributed by atoms with Gasteiger partial charge in [0.15, 0.2) is 0 Å². The van der Waals surface area contributed by atoms with Crippen LogP contribution in [0.3, 0.4) is 0 Å². The lowest BCUT2D eigenvalue weighted by Crippen LogP contribution is -2.61. The van der Waals surface area contributed by atoms with Gasteiger partial charge in [0.2, 0.25) is 0 Å². The topological polar surface area (TPSA) is 59.0 Å². The highest BCUT2D eigenvalue weighted by Gasteiger charge is 2.51. The summed E-state index contributed by atoms with van der Waals surface area (Å²) >= 11 is 3.47. The fraction of sp³-hybridized carbons (Fsp3) is 0.778. The van der Waals surface area contributed by atoms with Crippen LogP contribution in [0.1, 0.15) is 50.6 Å². The maximum absolute atomic E-state index is 12.3. The first-order valence-electron chi connectivity index (χ1n) is 9.27. The summed E-state index contributed by atoms with van der Waals surface area (Å²) < 4.78 is 2.97. The van der Waals surface area contributed by atoms with Crippen molar-refractivity contribution in [3.8, 4) is 0 Å². The van der Waals surface area contributed by atoms with Crippen LogP contribution < -0.4 is 10.6 Å². The molecule has 24 heavy (non-hydrogen) atoms. The van der Waals surface area contributed by atoms with Crippen molar-refractivity contribution in [2.45, 2.75) is 64.0 Å². The van der Waals surface area contributed by atoms with Crippen molar-refractivity contribution in [3.63, 3.8) is 0 Å². The Morgan fingerprint density at radius 1 is 1.29 bits per heavy atom. The van der Waals surface area contributed by atoms with E-state index < -0.39 is 0 Å². The average molecular weight is 395 g/mol. The zero-order valence-electron chi connectivity index (χ0n) is 14.4. The van der Waals surface area contributed by atoms with Gasteiger partial charge in [-0.1, -0.05) is 0 Å². The van der Waals surface area contributed by atoms with Crippen LogP contribution in [0.4, 0.5) is 4.79 Å². The molecule has 5 rings (SSSR count). The van der Waals surface area contributed by atoms with Crippen LogP contribution in [0.5, 0.6) is 0 Å².